The van der Waals surface area contributed by atoms with Crippen molar-refractivity contribution in [3.63, 3.8) is 0 Å². The Kier molecular flexibility index (Phi) is 8.98. The maximum atomic E-state index is 13.0. The Bertz CT molecular complexity index is 1270. The molecule has 1 heterocycles. The number of carbonyl (C=O) groups is 1. The SMILES string of the molecule is CCN(c1ccc(OCC(=O)N2CCN(C/C=C/c3ccccc3)CC2)cc1)S(=O)(=O)c1ccccc1. The first-order chi connectivity index (χ1) is 18.0. The highest BCUT2D eigenvalue weighted by molar-refractivity contribution is 7.92. The fraction of sp³-hybridized carbons (Fsp3) is 0.276. The van der Waals surface area contributed by atoms with Crippen LogP contribution >= 0.6 is 0 Å². The second kappa shape index (κ2) is 12.6. The van der Waals surface area contributed by atoms with Crippen LogP contribution in [0.15, 0.2) is 95.9 Å². The zero-order chi connectivity index (χ0) is 26.1. The van der Waals surface area contributed by atoms with Crippen molar-refractivity contribution in [2.24, 2.45) is 0 Å². The zero-order valence-corrected chi connectivity index (χ0v) is 21.9. The van der Waals surface area contributed by atoms with Crippen LogP contribution in [-0.4, -0.2) is 70.0 Å². The van der Waals surface area contributed by atoms with E-state index in [1.165, 1.54) is 9.87 Å². The van der Waals surface area contributed by atoms with Gasteiger partial charge in [-0.1, -0.05) is 60.7 Å². The average Bonchev–Trinajstić information content (AvgIpc) is 2.94. The normalized spacial score (nSPS) is 14.6. The fourth-order valence-electron chi connectivity index (χ4n) is 4.24. The van der Waals surface area contributed by atoms with E-state index in [9.17, 15) is 13.2 Å². The minimum Gasteiger partial charge on any atom is -0.484 e. The molecule has 1 amide bonds. The molecule has 37 heavy (non-hydrogen) atoms. The molecule has 1 aliphatic heterocycles. The van der Waals surface area contributed by atoms with Crippen molar-refractivity contribution < 1.29 is 17.9 Å². The van der Waals surface area contributed by atoms with Gasteiger partial charge in [-0.15, -0.1) is 0 Å². The zero-order valence-electron chi connectivity index (χ0n) is 21.1. The lowest BCUT2D eigenvalue weighted by Gasteiger charge is -2.34. The number of benzene rings is 3. The molecule has 1 saturated heterocycles. The van der Waals surface area contributed by atoms with Crippen LogP contribution in [0.1, 0.15) is 12.5 Å². The van der Waals surface area contributed by atoms with Crippen LogP contribution in [0.3, 0.4) is 0 Å². The van der Waals surface area contributed by atoms with E-state index in [1.54, 1.807) is 61.5 Å². The second-order valence-electron chi connectivity index (χ2n) is 8.76. The molecule has 194 valence electrons. The van der Waals surface area contributed by atoms with Gasteiger partial charge in [0.25, 0.3) is 15.9 Å². The molecule has 8 heteroatoms. The van der Waals surface area contributed by atoms with Gasteiger partial charge in [-0.25, -0.2) is 8.42 Å². The van der Waals surface area contributed by atoms with Crippen molar-refractivity contribution in [1.29, 1.82) is 0 Å². The first-order valence-corrected chi connectivity index (χ1v) is 13.9. The maximum absolute atomic E-state index is 13.0. The summed E-state index contributed by atoms with van der Waals surface area (Å²) in [6.07, 6.45) is 4.28. The van der Waals surface area contributed by atoms with E-state index in [2.05, 4.69) is 29.2 Å². The Morgan fingerprint density at radius 1 is 0.892 bits per heavy atom. The van der Waals surface area contributed by atoms with Crippen LogP contribution in [0, 0.1) is 0 Å². The first kappa shape index (κ1) is 26.4. The number of amides is 1. The van der Waals surface area contributed by atoms with E-state index in [-0.39, 0.29) is 17.4 Å². The molecule has 0 saturated carbocycles. The molecule has 0 radical (unpaired) electrons. The number of rotatable bonds is 10. The fourth-order valence-corrected chi connectivity index (χ4v) is 5.73. The van der Waals surface area contributed by atoms with Crippen molar-refractivity contribution in [3.05, 3.63) is 96.6 Å². The lowest BCUT2D eigenvalue weighted by atomic mass is 10.2. The molecule has 0 atom stereocenters. The summed E-state index contributed by atoms with van der Waals surface area (Å²) in [5.41, 5.74) is 1.73. The van der Waals surface area contributed by atoms with E-state index >= 15 is 0 Å². The summed E-state index contributed by atoms with van der Waals surface area (Å²) in [6, 6.07) is 25.4. The number of nitrogens with zero attached hydrogens (tertiary/aromatic N) is 3. The molecule has 1 aliphatic rings. The predicted octanol–water partition coefficient (Wildman–Crippen LogP) is 4.14. The average molecular weight is 520 g/mol. The number of hydrogen-bond acceptors (Lipinski definition) is 5. The number of anilines is 1. The Balaban J connectivity index is 1.25. The van der Waals surface area contributed by atoms with Gasteiger partial charge < -0.3 is 9.64 Å². The molecule has 0 N–H and O–H groups in total. The summed E-state index contributed by atoms with van der Waals surface area (Å²) < 4.78 is 33.1. The van der Waals surface area contributed by atoms with Gasteiger partial charge in [-0.05, 0) is 48.9 Å². The van der Waals surface area contributed by atoms with Gasteiger partial charge in [-0.2, -0.15) is 0 Å². The van der Waals surface area contributed by atoms with E-state index in [4.69, 9.17) is 4.74 Å². The number of ether oxygens (including phenoxy) is 1. The largest absolute Gasteiger partial charge is 0.484 e. The molecule has 0 spiro atoms. The molecule has 0 bridgehead atoms. The van der Waals surface area contributed by atoms with Crippen molar-refractivity contribution in [2.45, 2.75) is 11.8 Å². The number of carbonyl (C=O) groups excluding carboxylic acids is 1. The second-order valence-corrected chi connectivity index (χ2v) is 10.6. The molecule has 4 rings (SSSR count). The Morgan fingerprint density at radius 3 is 2.14 bits per heavy atom. The molecular weight excluding hydrogens is 486 g/mol. The van der Waals surface area contributed by atoms with E-state index in [0.29, 0.717) is 31.1 Å². The van der Waals surface area contributed by atoms with Crippen molar-refractivity contribution in [2.75, 3.05) is 50.2 Å². The van der Waals surface area contributed by atoms with Crippen LogP contribution in [0.5, 0.6) is 5.75 Å². The summed E-state index contributed by atoms with van der Waals surface area (Å²) in [7, 11) is -3.66. The lowest BCUT2D eigenvalue weighted by molar-refractivity contribution is -0.135. The third-order valence-electron chi connectivity index (χ3n) is 6.30. The van der Waals surface area contributed by atoms with Crippen LogP contribution in [0.4, 0.5) is 5.69 Å². The summed E-state index contributed by atoms with van der Waals surface area (Å²) in [5.74, 6) is 0.473. The van der Waals surface area contributed by atoms with Gasteiger partial charge in [-0.3, -0.25) is 14.0 Å². The molecule has 7 nitrogen and oxygen atoms in total. The predicted molar refractivity (Wildman–Crippen MR) is 147 cm³/mol. The number of sulfonamides is 1. The summed E-state index contributed by atoms with van der Waals surface area (Å²) in [4.78, 5) is 17.1. The van der Waals surface area contributed by atoms with Crippen molar-refractivity contribution >= 4 is 27.7 Å². The van der Waals surface area contributed by atoms with Crippen molar-refractivity contribution in [3.8, 4) is 5.75 Å². The monoisotopic (exact) mass is 519 g/mol. The first-order valence-electron chi connectivity index (χ1n) is 12.5. The molecular formula is C29H33N3O4S. The third-order valence-corrected chi connectivity index (χ3v) is 8.22. The van der Waals surface area contributed by atoms with Crippen LogP contribution in [-0.2, 0) is 14.8 Å². The smallest absolute Gasteiger partial charge is 0.264 e. The van der Waals surface area contributed by atoms with E-state index < -0.39 is 10.0 Å². The van der Waals surface area contributed by atoms with Crippen molar-refractivity contribution in [1.82, 2.24) is 9.80 Å². The molecule has 3 aromatic carbocycles. The maximum Gasteiger partial charge on any atom is 0.264 e. The molecule has 3 aromatic rings. The third kappa shape index (κ3) is 6.99. The molecule has 0 aromatic heterocycles. The van der Waals surface area contributed by atoms with Crippen LogP contribution < -0.4 is 9.04 Å². The van der Waals surface area contributed by atoms with E-state index in [0.717, 1.165) is 19.6 Å². The van der Waals surface area contributed by atoms with Crippen LogP contribution in [0.2, 0.25) is 0 Å². The van der Waals surface area contributed by atoms with Gasteiger partial charge in [0.2, 0.25) is 0 Å². The van der Waals surface area contributed by atoms with Gasteiger partial charge >= 0.3 is 0 Å². The minimum absolute atomic E-state index is 0.0485. The molecule has 0 aliphatic carbocycles. The standard InChI is InChI=1S/C29H33N3O4S/c1-2-32(37(34,35)28-13-7-4-8-14-28)26-15-17-27(18-16-26)36-24-29(33)31-22-20-30(21-23-31)19-9-12-25-10-5-3-6-11-25/h3-18H,2,19-24H2,1H3/b12-9+. The van der Waals surface area contributed by atoms with Gasteiger partial charge in [0.05, 0.1) is 10.6 Å². The molecule has 0 unspecified atom stereocenters. The summed E-state index contributed by atoms with van der Waals surface area (Å²) in [6.45, 7) is 5.88. The Morgan fingerprint density at radius 2 is 1.51 bits per heavy atom. The minimum atomic E-state index is -3.66. The number of piperazine rings is 1. The highest BCUT2D eigenvalue weighted by Crippen LogP contribution is 2.25. The summed E-state index contributed by atoms with van der Waals surface area (Å²) >= 11 is 0. The highest BCUT2D eigenvalue weighted by atomic mass is 32.2. The Labute approximate surface area is 219 Å². The Hall–Kier alpha value is -3.62. The lowest BCUT2D eigenvalue weighted by Crippen LogP contribution is -2.49. The summed E-state index contributed by atoms with van der Waals surface area (Å²) in [5, 5.41) is 0. The quantitative estimate of drug-likeness (QED) is 0.403. The van der Waals surface area contributed by atoms with Gasteiger partial charge in [0, 0.05) is 39.3 Å². The topological polar surface area (TPSA) is 70.2 Å². The highest BCUT2D eigenvalue weighted by Gasteiger charge is 2.24. The van der Waals surface area contributed by atoms with Crippen LogP contribution in [0.25, 0.3) is 6.08 Å². The number of hydrogen-bond donors (Lipinski definition) is 0. The molecule has 1 fully saturated rings. The van der Waals surface area contributed by atoms with E-state index in [1.807, 2.05) is 23.1 Å². The van der Waals surface area contributed by atoms with Gasteiger partial charge in [0.15, 0.2) is 6.61 Å². The van der Waals surface area contributed by atoms with Gasteiger partial charge in [0.1, 0.15) is 5.75 Å².